The van der Waals surface area contributed by atoms with Crippen molar-refractivity contribution < 1.29 is 0 Å². The first-order valence-corrected chi connectivity index (χ1v) is 5.93. The summed E-state index contributed by atoms with van der Waals surface area (Å²) in [6, 6.07) is 0.213. The zero-order valence-electron chi connectivity index (χ0n) is 11.4. The standard InChI is InChI=1S/C10H18N8/c1-7(2)18-8(11-13-16-18)6-17-9(10(3,4)5)12-14-15-17/h7H,6H2,1-5H3. The highest BCUT2D eigenvalue weighted by Crippen LogP contribution is 2.19. The summed E-state index contributed by atoms with van der Waals surface area (Å²) in [5.41, 5.74) is -0.111. The maximum atomic E-state index is 4.07. The smallest absolute Gasteiger partial charge is 0.173 e. The lowest BCUT2D eigenvalue weighted by atomic mass is 9.96. The van der Waals surface area contributed by atoms with E-state index in [2.05, 4.69) is 51.8 Å². The molecule has 2 heterocycles. The van der Waals surface area contributed by atoms with Gasteiger partial charge in [0.2, 0.25) is 0 Å². The van der Waals surface area contributed by atoms with Crippen molar-refractivity contribution in [3.05, 3.63) is 11.6 Å². The van der Waals surface area contributed by atoms with Crippen molar-refractivity contribution >= 4 is 0 Å². The Morgan fingerprint density at radius 3 is 2.33 bits per heavy atom. The third-order valence-corrected chi connectivity index (χ3v) is 2.54. The molecule has 0 amide bonds. The van der Waals surface area contributed by atoms with Crippen LogP contribution in [0, 0.1) is 0 Å². The van der Waals surface area contributed by atoms with Gasteiger partial charge in [-0.3, -0.25) is 0 Å². The number of hydrogen-bond acceptors (Lipinski definition) is 6. The molecular weight excluding hydrogens is 232 g/mol. The fraction of sp³-hybridized carbons (Fsp3) is 0.800. The van der Waals surface area contributed by atoms with Gasteiger partial charge in [-0.2, -0.15) is 0 Å². The summed E-state index contributed by atoms with van der Waals surface area (Å²) >= 11 is 0. The third kappa shape index (κ3) is 2.36. The summed E-state index contributed by atoms with van der Waals surface area (Å²) in [4.78, 5) is 0. The zero-order chi connectivity index (χ0) is 13.3. The minimum absolute atomic E-state index is 0.111. The molecule has 0 radical (unpaired) electrons. The predicted octanol–water partition coefficient (Wildman–Crippen LogP) is 0.586. The maximum absolute atomic E-state index is 4.07. The predicted molar refractivity (Wildman–Crippen MR) is 63.8 cm³/mol. The second kappa shape index (κ2) is 4.43. The highest BCUT2D eigenvalue weighted by Gasteiger charge is 2.23. The molecule has 0 aliphatic carbocycles. The monoisotopic (exact) mass is 250 g/mol. The molecule has 2 aromatic heterocycles. The molecule has 8 nitrogen and oxygen atoms in total. The Morgan fingerprint density at radius 1 is 1.06 bits per heavy atom. The average Bonchev–Trinajstić information content (AvgIpc) is 2.85. The average molecular weight is 250 g/mol. The summed E-state index contributed by atoms with van der Waals surface area (Å²) in [6.07, 6.45) is 0. The largest absolute Gasteiger partial charge is 0.225 e. The molecule has 0 aliphatic heterocycles. The zero-order valence-corrected chi connectivity index (χ0v) is 11.4. The van der Waals surface area contributed by atoms with Crippen molar-refractivity contribution in [2.75, 3.05) is 0 Å². The molecule has 18 heavy (non-hydrogen) atoms. The van der Waals surface area contributed by atoms with E-state index in [0.29, 0.717) is 6.54 Å². The molecule has 0 aliphatic rings. The van der Waals surface area contributed by atoms with Gasteiger partial charge >= 0.3 is 0 Å². The van der Waals surface area contributed by atoms with Crippen LogP contribution in [-0.2, 0) is 12.0 Å². The van der Waals surface area contributed by atoms with Gasteiger partial charge in [-0.1, -0.05) is 20.8 Å². The Morgan fingerprint density at radius 2 is 1.72 bits per heavy atom. The highest BCUT2D eigenvalue weighted by atomic mass is 15.6. The molecule has 98 valence electrons. The van der Waals surface area contributed by atoms with Crippen LogP contribution in [0.5, 0.6) is 0 Å². The Labute approximate surface area is 105 Å². The molecule has 0 saturated heterocycles. The van der Waals surface area contributed by atoms with E-state index in [1.807, 2.05) is 13.8 Å². The second-order valence-corrected chi connectivity index (χ2v) is 5.54. The van der Waals surface area contributed by atoms with Gasteiger partial charge in [-0.15, -0.1) is 10.2 Å². The van der Waals surface area contributed by atoms with E-state index in [1.54, 1.807) is 9.36 Å². The first kappa shape index (κ1) is 12.6. The quantitative estimate of drug-likeness (QED) is 0.792. The van der Waals surface area contributed by atoms with Gasteiger partial charge in [0, 0.05) is 5.41 Å². The Hall–Kier alpha value is -1.86. The van der Waals surface area contributed by atoms with Gasteiger partial charge in [0.25, 0.3) is 0 Å². The SMILES string of the molecule is CC(C)n1nnnc1Cn1nnnc1C(C)(C)C. The van der Waals surface area contributed by atoms with Gasteiger partial charge in [-0.25, -0.2) is 9.36 Å². The minimum Gasteiger partial charge on any atom is -0.225 e. The van der Waals surface area contributed by atoms with Crippen LogP contribution >= 0.6 is 0 Å². The second-order valence-electron chi connectivity index (χ2n) is 5.54. The van der Waals surface area contributed by atoms with E-state index >= 15 is 0 Å². The van der Waals surface area contributed by atoms with Gasteiger partial charge in [0.05, 0.1) is 6.04 Å². The van der Waals surface area contributed by atoms with E-state index in [1.165, 1.54) is 0 Å². The molecule has 8 heteroatoms. The van der Waals surface area contributed by atoms with Crippen molar-refractivity contribution in [3.8, 4) is 0 Å². The summed E-state index contributed by atoms with van der Waals surface area (Å²) < 4.78 is 3.51. The van der Waals surface area contributed by atoms with Gasteiger partial charge in [0.15, 0.2) is 11.6 Å². The fourth-order valence-corrected chi connectivity index (χ4v) is 1.70. The lowest BCUT2D eigenvalue weighted by Gasteiger charge is -2.17. The first-order valence-electron chi connectivity index (χ1n) is 5.93. The van der Waals surface area contributed by atoms with Crippen LogP contribution in [0.1, 0.15) is 52.3 Å². The lowest BCUT2D eigenvalue weighted by Crippen LogP contribution is -2.22. The minimum atomic E-state index is -0.111. The molecule has 0 atom stereocenters. The van der Waals surface area contributed by atoms with Gasteiger partial charge in [-0.05, 0) is 34.7 Å². The van der Waals surface area contributed by atoms with Crippen LogP contribution in [-0.4, -0.2) is 40.4 Å². The molecular formula is C10H18N8. The summed E-state index contributed by atoms with van der Waals surface area (Å²) in [5.74, 6) is 1.57. The maximum Gasteiger partial charge on any atom is 0.173 e. The number of hydrogen-bond donors (Lipinski definition) is 0. The normalized spacial score (nSPS) is 12.3. The van der Waals surface area contributed by atoms with E-state index < -0.39 is 0 Å². The number of rotatable bonds is 3. The molecule has 0 saturated carbocycles. The number of aromatic nitrogens is 8. The van der Waals surface area contributed by atoms with Crippen LogP contribution in [0.3, 0.4) is 0 Å². The van der Waals surface area contributed by atoms with E-state index in [-0.39, 0.29) is 11.5 Å². The molecule has 0 fully saturated rings. The van der Waals surface area contributed by atoms with E-state index in [4.69, 9.17) is 0 Å². The van der Waals surface area contributed by atoms with Crippen molar-refractivity contribution in [1.82, 2.24) is 40.4 Å². The van der Waals surface area contributed by atoms with Gasteiger partial charge in [0.1, 0.15) is 6.54 Å². The topological polar surface area (TPSA) is 87.2 Å². The molecule has 0 N–H and O–H groups in total. The molecule has 0 spiro atoms. The summed E-state index contributed by atoms with van der Waals surface area (Å²) in [5, 5.41) is 23.5. The van der Waals surface area contributed by atoms with Crippen LogP contribution in [0.2, 0.25) is 0 Å². The number of nitrogens with zero attached hydrogens (tertiary/aromatic N) is 8. The molecule has 0 bridgehead atoms. The number of tetrazole rings is 2. The Bertz CT molecular complexity index is 518. The van der Waals surface area contributed by atoms with Crippen molar-refractivity contribution in [2.45, 2.75) is 52.6 Å². The van der Waals surface area contributed by atoms with Crippen molar-refractivity contribution in [1.29, 1.82) is 0 Å². The van der Waals surface area contributed by atoms with E-state index in [9.17, 15) is 0 Å². The third-order valence-electron chi connectivity index (χ3n) is 2.54. The Kier molecular flexibility index (Phi) is 3.10. The molecule has 2 aromatic rings. The van der Waals surface area contributed by atoms with Crippen LogP contribution in [0.15, 0.2) is 0 Å². The molecule has 2 rings (SSSR count). The molecule has 0 aromatic carbocycles. The first-order chi connectivity index (χ1) is 8.39. The van der Waals surface area contributed by atoms with Crippen LogP contribution in [0.4, 0.5) is 0 Å². The highest BCUT2D eigenvalue weighted by molar-refractivity contribution is 5.00. The fourth-order valence-electron chi connectivity index (χ4n) is 1.70. The van der Waals surface area contributed by atoms with Crippen LogP contribution in [0.25, 0.3) is 0 Å². The van der Waals surface area contributed by atoms with E-state index in [0.717, 1.165) is 11.6 Å². The lowest BCUT2D eigenvalue weighted by molar-refractivity contribution is 0.451. The summed E-state index contributed by atoms with van der Waals surface area (Å²) in [6.45, 7) is 10.8. The van der Waals surface area contributed by atoms with Crippen molar-refractivity contribution in [3.63, 3.8) is 0 Å². The van der Waals surface area contributed by atoms with Crippen molar-refractivity contribution in [2.24, 2.45) is 0 Å². The van der Waals surface area contributed by atoms with Crippen LogP contribution < -0.4 is 0 Å². The summed E-state index contributed by atoms with van der Waals surface area (Å²) in [7, 11) is 0. The Balaban J connectivity index is 2.30. The molecule has 0 unspecified atom stereocenters. The van der Waals surface area contributed by atoms with Gasteiger partial charge < -0.3 is 0 Å².